The van der Waals surface area contributed by atoms with Crippen molar-refractivity contribution in [1.82, 2.24) is 0 Å². The number of benzene rings is 1. The van der Waals surface area contributed by atoms with Gasteiger partial charge < -0.3 is 4.74 Å². The Hall–Kier alpha value is 0.586. The molecule has 0 amide bonds. The minimum atomic E-state index is -0.297. The zero-order chi connectivity index (χ0) is 10.8. The molecule has 1 aliphatic rings. The van der Waals surface area contributed by atoms with E-state index in [0.29, 0.717) is 11.7 Å². The Morgan fingerprint density at radius 2 is 2.12 bits per heavy atom. The molecule has 0 aromatic heterocycles. The fraction of sp³-hybridized carbons (Fsp3) is 0.538. The molecule has 0 radical (unpaired) electrons. The van der Waals surface area contributed by atoms with Crippen molar-refractivity contribution in [3.05, 3.63) is 29.6 Å². The predicted molar refractivity (Wildman–Crippen MR) is 57.4 cm³/mol. The van der Waals surface area contributed by atoms with Gasteiger partial charge in [-0.25, -0.2) is 0 Å². The minimum Gasteiger partial charge on any atom is -0.513 e. The number of hydrogen-bond acceptors (Lipinski definition) is 1. The Balaban J connectivity index is 0.00000128. The van der Waals surface area contributed by atoms with Crippen LogP contribution in [0.3, 0.4) is 0 Å². The van der Waals surface area contributed by atoms with Gasteiger partial charge >= 0.3 is 51.4 Å². The molecule has 16 heavy (non-hydrogen) atoms. The third kappa shape index (κ3) is 3.54. The van der Waals surface area contributed by atoms with E-state index in [0.717, 1.165) is 18.4 Å². The van der Waals surface area contributed by atoms with E-state index >= 15 is 0 Å². The Morgan fingerprint density at radius 1 is 1.38 bits per heavy atom. The second-order valence-corrected chi connectivity index (χ2v) is 4.47. The fourth-order valence-corrected chi connectivity index (χ4v) is 2.14. The van der Waals surface area contributed by atoms with Crippen molar-refractivity contribution in [2.45, 2.75) is 39.2 Å². The van der Waals surface area contributed by atoms with Gasteiger partial charge in [0.05, 0.1) is 6.10 Å². The fourth-order valence-electron chi connectivity index (χ4n) is 2.14. The van der Waals surface area contributed by atoms with Crippen LogP contribution in [0.15, 0.2) is 12.1 Å². The van der Waals surface area contributed by atoms with E-state index in [1.54, 1.807) is 6.07 Å². The molecular weight excluding hydrogens is 230 g/mol. The summed E-state index contributed by atoms with van der Waals surface area (Å²) >= 11 is 0. The van der Waals surface area contributed by atoms with Crippen LogP contribution in [0.4, 0.5) is 4.39 Å². The zero-order valence-corrected chi connectivity index (χ0v) is 13.3. The van der Waals surface area contributed by atoms with Crippen molar-refractivity contribution in [3.63, 3.8) is 0 Å². The molecule has 0 N–H and O–H groups in total. The second kappa shape index (κ2) is 6.50. The van der Waals surface area contributed by atoms with E-state index in [-0.39, 0.29) is 63.3 Å². The van der Waals surface area contributed by atoms with E-state index in [9.17, 15) is 4.39 Å². The number of ether oxygens (including phenoxy) is 1. The molecule has 0 bridgehead atoms. The Bertz CT molecular complexity index is 334. The van der Waals surface area contributed by atoms with E-state index < -0.39 is 0 Å². The third-order valence-corrected chi connectivity index (χ3v) is 3.02. The molecule has 1 aromatic carbocycles. The van der Waals surface area contributed by atoms with E-state index in [1.165, 1.54) is 12.5 Å². The molecule has 0 saturated heterocycles. The minimum absolute atomic E-state index is 0. The van der Waals surface area contributed by atoms with Gasteiger partial charge in [0.25, 0.3) is 0 Å². The van der Waals surface area contributed by atoms with Crippen LogP contribution in [-0.2, 0) is 0 Å². The molecule has 82 valence electrons. The number of hydrogen-bond donors (Lipinski definition) is 0. The second-order valence-electron chi connectivity index (χ2n) is 4.47. The Labute approximate surface area is 139 Å². The molecule has 1 saturated carbocycles. The molecule has 0 spiro atoms. The summed E-state index contributed by atoms with van der Waals surface area (Å²) in [6.07, 6.45) is 3.45. The molecule has 1 fully saturated rings. The van der Waals surface area contributed by atoms with Gasteiger partial charge in [-0.05, 0) is 25.2 Å². The molecule has 2 rings (SSSR count). The first-order valence-corrected chi connectivity index (χ1v) is 5.49. The first kappa shape index (κ1) is 14.6. The first-order valence-electron chi connectivity index (χ1n) is 5.49. The van der Waals surface area contributed by atoms with Crippen molar-refractivity contribution >= 4 is 0 Å². The SMILES string of the molecule is Cc1c[c-]cc(F)c1OC1CCC(C)C1.[K+]. The molecule has 0 aliphatic heterocycles. The van der Waals surface area contributed by atoms with Crippen molar-refractivity contribution in [2.24, 2.45) is 5.92 Å². The summed E-state index contributed by atoms with van der Waals surface area (Å²) in [6.45, 7) is 4.07. The summed E-state index contributed by atoms with van der Waals surface area (Å²) in [5.74, 6) is 0.816. The van der Waals surface area contributed by atoms with E-state index in [2.05, 4.69) is 13.0 Å². The van der Waals surface area contributed by atoms with Gasteiger partial charge in [-0.3, -0.25) is 4.39 Å². The number of rotatable bonds is 2. The molecule has 0 heterocycles. The molecule has 1 aliphatic carbocycles. The average molecular weight is 246 g/mol. The molecule has 2 atom stereocenters. The van der Waals surface area contributed by atoms with Crippen LogP contribution in [0.2, 0.25) is 0 Å². The van der Waals surface area contributed by atoms with Crippen LogP contribution < -0.4 is 56.1 Å². The maximum absolute atomic E-state index is 13.4. The third-order valence-electron chi connectivity index (χ3n) is 3.02. The summed E-state index contributed by atoms with van der Waals surface area (Å²) in [6, 6.07) is 5.84. The summed E-state index contributed by atoms with van der Waals surface area (Å²) in [5, 5.41) is 0. The van der Waals surface area contributed by atoms with Gasteiger partial charge in [0.15, 0.2) is 0 Å². The Kier molecular flexibility index (Phi) is 5.95. The van der Waals surface area contributed by atoms with Gasteiger partial charge in [-0.15, -0.1) is 11.6 Å². The molecule has 3 heteroatoms. The van der Waals surface area contributed by atoms with Crippen LogP contribution in [0.25, 0.3) is 0 Å². The van der Waals surface area contributed by atoms with Gasteiger partial charge in [-0.2, -0.15) is 12.1 Å². The summed E-state index contributed by atoms with van der Waals surface area (Å²) in [4.78, 5) is 0. The van der Waals surface area contributed by atoms with Crippen LogP contribution in [0.5, 0.6) is 5.75 Å². The number of aryl methyl sites for hydroxylation is 1. The van der Waals surface area contributed by atoms with E-state index in [4.69, 9.17) is 4.74 Å². The smallest absolute Gasteiger partial charge is 0.513 e. The summed E-state index contributed by atoms with van der Waals surface area (Å²) < 4.78 is 19.2. The monoisotopic (exact) mass is 246 g/mol. The van der Waals surface area contributed by atoms with Crippen LogP contribution >= 0.6 is 0 Å². The van der Waals surface area contributed by atoms with Gasteiger partial charge in [-0.1, -0.05) is 13.8 Å². The van der Waals surface area contributed by atoms with Crippen molar-refractivity contribution in [2.75, 3.05) is 0 Å². The van der Waals surface area contributed by atoms with E-state index in [1.807, 2.05) is 6.92 Å². The first-order chi connectivity index (χ1) is 7.16. The van der Waals surface area contributed by atoms with Crippen LogP contribution in [0, 0.1) is 24.7 Å². The van der Waals surface area contributed by atoms with Crippen molar-refractivity contribution < 1.29 is 60.5 Å². The maximum atomic E-state index is 13.4. The van der Waals surface area contributed by atoms with Crippen molar-refractivity contribution in [1.29, 1.82) is 0 Å². The standard InChI is InChI=1S/C13H16FO.K/c1-9-6-7-11(8-9)15-13-10(2)4-3-5-12(13)14;/h4-5,9,11H,6-8H2,1-2H3;/q-1;+1. The van der Waals surface area contributed by atoms with Crippen molar-refractivity contribution in [3.8, 4) is 5.75 Å². The average Bonchev–Trinajstić information content (AvgIpc) is 2.58. The largest absolute Gasteiger partial charge is 1.00 e. The Morgan fingerprint density at radius 3 is 2.69 bits per heavy atom. The maximum Gasteiger partial charge on any atom is 1.00 e. The zero-order valence-electron chi connectivity index (χ0n) is 10.2. The van der Waals surface area contributed by atoms with Gasteiger partial charge in [0.2, 0.25) is 0 Å². The topological polar surface area (TPSA) is 9.23 Å². The predicted octanol–water partition coefficient (Wildman–Crippen LogP) is 0.506. The quantitative estimate of drug-likeness (QED) is 0.546. The molecule has 2 unspecified atom stereocenters. The van der Waals surface area contributed by atoms with Gasteiger partial charge in [0, 0.05) is 11.6 Å². The molecule has 1 nitrogen and oxygen atoms in total. The van der Waals surface area contributed by atoms with Gasteiger partial charge in [0.1, 0.15) is 0 Å². The summed E-state index contributed by atoms with van der Waals surface area (Å²) in [5.41, 5.74) is 0.828. The molecular formula is C13H16FKO. The summed E-state index contributed by atoms with van der Waals surface area (Å²) in [7, 11) is 0. The normalized spacial score (nSPS) is 23.9. The molecule has 1 aromatic rings. The van der Waals surface area contributed by atoms with Crippen LogP contribution in [-0.4, -0.2) is 6.10 Å². The van der Waals surface area contributed by atoms with Crippen LogP contribution in [0.1, 0.15) is 31.7 Å². The number of halogens is 1.